The number of nitro benzene ring substituents is 1. The van der Waals surface area contributed by atoms with Crippen molar-refractivity contribution in [1.82, 2.24) is 5.32 Å². The van der Waals surface area contributed by atoms with Crippen molar-refractivity contribution >= 4 is 38.5 Å². The van der Waals surface area contributed by atoms with Gasteiger partial charge in [0.2, 0.25) is 0 Å². The average Bonchev–Trinajstić information content (AvgIpc) is 3.07. The molecule has 1 aliphatic heterocycles. The molecule has 0 radical (unpaired) electrons. The van der Waals surface area contributed by atoms with Gasteiger partial charge in [0.25, 0.3) is 5.69 Å². The van der Waals surface area contributed by atoms with Crippen molar-refractivity contribution in [2.24, 2.45) is 0 Å². The largest absolute Gasteiger partial charge is 0.764 e. The molecule has 0 aliphatic carbocycles. The third-order valence-electron chi connectivity index (χ3n) is 5.44. The number of hydrogen-bond acceptors (Lipinski definition) is 7. The molecule has 0 amide bonds. The summed E-state index contributed by atoms with van der Waals surface area (Å²) in [6, 6.07) is 19.0. The SMILES string of the molecule is Cl.O=[N+]([O-])c1ccc(CNCc2cccc3c2C(S(=O)(=O)c2ccccc2)CS3([O-])O)cc1. The summed E-state index contributed by atoms with van der Waals surface area (Å²) in [5.41, 5.74) is 1.83. The Labute approximate surface area is 199 Å². The van der Waals surface area contributed by atoms with E-state index in [2.05, 4.69) is 5.32 Å². The number of rotatable bonds is 7. The van der Waals surface area contributed by atoms with Gasteiger partial charge in [-0.2, -0.15) is 0 Å². The molecule has 2 N–H and O–H groups in total. The lowest BCUT2D eigenvalue weighted by molar-refractivity contribution is -0.384. The van der Waals surface area contributed by atoms with Crippen LogP contribution in [-0.4, -0.2) is 28.2 Å². The molecule has 0 saturated carbocycles. The third-order valence-corrected chi connectivity index (χ3v) is 9.56. The smallest absolute Gasteiger partial charge is 0.269 e. The first-order chi connectivity index (χ1) is 15.2. The molecule has 0 aromatic heterocycles. The van der Waals surface area contributed by atoms with Crippen LogP contribution in [-0.2, 0) is 22.9 Å². The van der Waals surface area contributed by atoms with E-state index in [-0.39, 0.29) is 40.2 Å². The van der Waals surface area contributed by atoms with Crippen molar-refractivity contribution in [3.05, 3.63) is 99.6 Å². The Hall–Kier alpha value is -2.47. The number of nitrogens with zero attached hydrogens (tertiary/aromatic N) is 1. The van der Waals surface area contributed by atoms with Gasteiger partial charge in [-0.1, -0.05) is 42.5 Å². The first kappa shape index (κ1) is 25.2. The van der Waals surface area contributed by atoms with E-state index in [4.69, 9.17) is 0 Å². The van der Waals surface area contributed by atoms with Gasteiger partial charge in [-0.05, 0) is 34.9 Å². The maximum absolute atomic E-state index is 13.3. The second-order valence-electron chi connectivity index (χ2n) is 7.51. The summed E-state index contributed by atoms with van der Waals surface area (Å²) in [4.78, 5) is 10.6. The van der Waals surface area contributed by atoms with E-state index in [0.29, 0.717) is 17.7 Å². The van der Waals surface area contributed by atoms with Crippen LogP contribution in [0.4, 0.5) is 5.69 Å². The van der Waals surface area contributed by atoms with Crippen LogP contribution in [0.3, 0.4) is 0 Å². The summed E-state index contributed by atoms with van der Waals surface area (Å²) >= 11 is 0. The van der Waals surface area contributed by atoms with Gasteiger partial charge in [0, 0.05) is 35.9 Å². The van der Waals surface area contributed by atoms with Crippen LogP contribution in [0.2, 0.25) is 0 Å². The standard InChI is InChI=1S/C22H22N2O6S2.ClH/c25-24(26)18-11-9-16(10-12-18)13-23-14-17-5-4-8-20-22(17)21(15-31(20,27)28)32(29,30)19-6-2-1-3-7-19;/h1-12,21,23,27-28H,13-15H2;1H/p-1. The fourth-order valence-electron chi connectivity index (χ4n) is 3.86. The lowest BCUT2D eigenvalue weighted by atomic mass is 10.0. The molecule has 0 spiro atoms. The molecule has 176 valence electrons. The summed E-state index contributed by atoms with van der Waals surface area (Å²) in [7, 11) is -7.35. The molecule has 1 aliphatic rings. The average molecular weight is 510 g/mol. The molecule has 3 aromatic rings. The van der Waals surface area contributed by atoms with E-state index < -0.39 is 30.6 Å². The molecule has 4 rings (SSSR count). The van der Waals surface area contributed by atoms with Crippen LogP contribution in [0.25, 0.3) is 0 Å². The van der Waals surface area contributed by atoms with Gasteiger partial charge in [-0.3, -0.25) is 10.1 Å². The quantitative estimate of drug-likeness (QED) is 0.351. The van der Waals surface area contributed by atoms with Crippen molar-refractivity contribution in [3.8, 4) is 0 Å². The Bertz CT molecular complexity index is 1250. The predicted molar refractivity (Wildman–Crippen MR) is 128 cm³/mol. The number of sulfone groups is 1. The highest BCUT2D eigenvalue weighted by molar-refractivity contribution is 8.25. The van der Waals surface area contributed by atoms with Crippen molar-refractivity contribution < 1.29 is 22.4 Å². The minimum Gasteiger partial charge on any atom is -0.764 e. The van der Waals surface area contributed by atoms with E-state index in [1.165, 1.54) is 30.3 Å². The molecule has 0 saturated heterocycles. The van der Waals surface area contributed by atoms with E-state index in [0.717, 1.165) is 5.56 Å². The first-order valence-electron chi connectivity index (χ1n) is 9.79. The molecule has 2 unspecified atom stereocenters. The van der Waals surface area contributed by atoms with Gasteiger partial charge >= 0.3 is 0 Å². The van der Waals surface area contributed by atoms with E-state index in [9.17, 15) is 27.6 Å². The van der Waals surface area contributed by atoms with Crippen LogP contribution in [0.15, 0.2) is 82.6 Å². The highest BCUT2D eigenvalue weighted by Gasteiger charge is 2.40. The number of non-ortho nitro benzene ring substituents is 1. The molecule has 1 heterocycles. The van der Waals surface area contributed by atoms with Crippen molar-refractivity contribution in [2.75, 3.05) is 5.75 Å². The number of halogens is 1. The van der Waals surface area contributed by atoms with Crippen LogP contribution < -0.4 is 5.32 Å². The van der Waals surface area contributed by atoms with Crippen molar-refractivity contribution in [1.29, 1.82) is 0 Å². The zero-order valence-corrected chi connectivity index (χ0v) is 19.7. The summed E-state index contributed by atoms with van der Waals surface area (Å²) in [6.45, 7) is 0.669. The summed E-state index contributed by atoms with van der Waals surface area (Å²) < 4.78 is 50.0. The van der Waals surface area contributed by atoms with Crippen LogP contribution in [0, 0.1) is 10.1 Å². The number of nitro groups is 1. The third kappa shape index (κ3) is 5.06. The highest BCUT2D eigenvalue weighted by atomic mass is 35.5. The van der Waals surface area contributed by atoms with Gasteiger partial charge in [-0.15, -0.1) is 12.4 Å². The fraction of sp³-hybridized carbons (Fsp3) is 0.182. The predicted octanol–water partition coefficient (Wildman–Crippen LogP) is 4.60. The zero-order chi connectivity index (χ0) is 22.9. The van der Waals surface area contributed by atoms with Crippen molar-refractivity contribution in [2.45, 2.75) is 28.1 Å². The Balaban J connectivity index is 0.00000306. The minimum absolute atomic E-state index is 0. The Morgan fingerprint density at radius 2 is 1.67 bits per heavy atom. The lowest BCUT2D eigenvalue weighted by Crippen LogP contribution is -2.19. The fourth-order valence-corrected chi connectivity index (χ4v) is 8.32. The summed E-state index contributed by atoms with van der Waals surface area (Å²) in [5, 5.41) is 12.9. The van der Waals surface area contributed by atoms with Crippen LogP contribution >= 0.6 is 23.0 Å². The van der Waals surface area contributed by atoms with Crippen LogP contribution in [0.1, 0.15) is 21.9 Å². The molecule has 2 atom stereocenters. The van der Waals surface area contributed by atoms with Crippen LogP contribution in [0.5, 0.6) is 0 Å². The van der Waals surface area contributed by atoms with Crippen molar-refractivity contribution in [3.63, 3.8) is 0 Å². The number of nitrogens with one attached hydrogen (secondary N) is 1. The van der Waals surface area contributed by atoms with Gasteiger partial charge in [-0.25, -0.2) is 8.42 Å². The Morgan fingerprint density at radius 3 is 2.30 bits per heavy atom. The zero-order valence-electron chi connectivity index (χ0n) is 17.3. The summed E-state index contributed by atoms with van der Waals surface area (Å²) in [6.07, 6.45) is 0. The number of fused-ring (bicyclic) bond motifs is 1. The Morgan fingerprint density at radius 1 is 1.00 bits per heavy atom. The van der Waals surface area contributed by atoms with Gasteiger partial charge in [0.1, 0.15) is 5.25 Å². The molecule has 3 aromatic carbocycles. The molecule has 0 fully saturated rings. The molecular weight excluding hydrogens is 488 g/mol. The van der Waals surface area contributed by atoms with E-state index >= 15 is 0 Å². The Kier molecular flexibility index (Phi) is 7.47. The maximum Gasteiger partial charge on any atom is 0.269 e. The van der Waals surface area contributed by atoms with Gasteiger partial charge in [0.05, 0.1) is 9.82 Å². The number of hydrogen-bond donors (Lipinski definition) is 2. The second-order valence-corrected chi connectivity index (χ2v) is 11.7. The normalized spacial score (nSPS) is 21.5. The molecule has 33 heavy (non-hydrogen) atoms. The monoisotopic (exact) mass is 509 g/mol. The van der Waals surface area contributed by atoms with E-state index in [1.807, 2.05) is 0 Å². The molecule has 0 bridgehead atoms. The minimum atomic E-state index is -3.87. The van der Waals surface area contributed by atoms with Gasteiger partial charge < -0.3 is 25.0 Å². The summed E-state index contributed by atoms with van der Waals surface area (Å²) in [5.74, 6) is -0.376. The topological polar surface area (TPSA) is 133 Å². The highest BCUT2D eigenvalue weighted by Crippen LogP contribution is 2.61. The van der Waals surface area contributed by atoms with E-state index in [1.54, 1.807) is 42.5 Å². The maximum atomic E-state index is 13.3. The molecular formula is C22H22ClN2O6S2-. The molecule has 8 nitrogen and oxygen atoms in total. The number of benzene rings is 3. The molecule has 11 heteroatoms. The first-order valence-corrected chi connectivity index (χ1v) is 13.0. The van der Waals surface area contributed by atoms with Gasteiger partial charge in [0.15, 0.2) is 9.84 Å². The lowest BCUT2D eigenvalue weighted by Gasteiger charge is -2.42. The second kappa shape index (κ2) is 9.80.